The van der Waals surface area contributed by atoms with Gasteiger partial charge in [-0.2, -0.15) is 0 Å². The highest BCUT2D eigenvalue weighted by atomic mass is 32.2. The number of fused-ring (bicyclic) bond motifs is 1. The number of ether oxygens (including phenoxy) is 1. The molecule has 1 N–H and O–H groups in total. The van der Waals surface area contributed by atoms with E-state index in [2.05, 4.69) is 19.9 Å². The number of aliphatic hydroxyl groups is 1. The Kier molecular flexibility index (Phi) is 4.58. The summed E-state index contributed by atoms with van der Waals surface area (Å²) in [6, 6.07) is 0.136. The summed E-state index contributed by atoms with van der Waals surface area (Å²) >= 11 is 3.24. The van der Waals surface area contributed by atoms with Crippen molar-refractivity contribution in [3.8, 4) is 0 Å². The predicted octanol–water partition coefficient (Wildman–Crippen LogP) is 1.78. The average Bonchev–Trinajstić information content (AvgIpc) is 2.90. The molecule has 1 fully saturated rings. The third kappa shape index (κ3) is 3.13. The molecular weight excluding hydrogens is 308 g/mol. The molecule has 0 bridgehead atoms. The molecule has 3 heterocycles. The Morgan fingerprint density at radius 3 is 3.19 bits per heavy atom. The Morgan fingerprint density at radius 1 is 1.57 bits per heavy atom. The third-order valence-corrected chi connectivity index (χ3v) is 5.47. The minimum atomic E-state index is -0.361. The van der Waals surface area contributed by atoms with E-state index in [9.17, 15) is 5.11 Å². The third-order valence-electron chi connectivity index (χ3n) is 3.44. The van der Waals surface area contributed by atoms with Crippen LogP contribution < -0.4 is 4.90 Å². The summed E-state index contributed by atoms with van der Waals surface area (Å²) < 4.78 is 7.57. The van der Waals surface area contributed by atoms with Crippen LogP contribution in [0.4, 0.5) is 5.82 Å². The minimum Gasteiger partial charge on any atom is -0.393 e. The van der Waals surface area contributed by atoms with Crippen molar-refractivity contribution in [3.63, 3.8) is 0 Å². The number of thiazole rings is 1. The lowest BCUT2D eigenvalue weighted by Gasteiger charge is -2.37. The monoisotopic (exact) mass is 326 g/mol. The van der Waals surface area contributed by atoms with Crippen molar-refractivity contribution < 1.29 is 9.84 Å². The second-order valence-corrected chi connectivity index (χ2v) is 7.09. The van der Waals surface area contributed by atoms with Crippen LogP contribution in [0.15, 0.2) is 10.7 Å². The number of anilines is 1. The van der Waals surface area contributed by atoms with Crippen LogP contribution in [0.2, 0.25) is 0 Å². The maximum absolute atomic E-state index is 9.70. The average molecular weight is 326 g/mol. The molecule has 2 atom stereocenters. The van der Waals surface area contributed by atoms with Gasteiger partial charge in [-0.3, -0.25) is 0 Å². The quantitative estimate of drug-likeness (QED) is 0.859. The van der Waals surface area contributed by atoms with Crippen molar-refractivity contribution >= 4 is 39.3 Å². The molecule has 2 aromatic heterocycles. The van der Waals surface area contributed by atoms with Crippen LogP contribution in [0, 0.1) is 0 Å². The molecule has 2 unspecified atom stereocenters. The first kappa shape index (κ1) is 15.0. The van der Waals surface area contributed by atoms with Gasteiger partial charge < -0.3 is 14.7 Å². The number of rotatable bonds is 4. The summed E-state index contributed by atoms with van der Waals surface area (Å²) in [4.78, 5) is 15.5. The maximum Gasteiger partial charge on any atom is 0.176 e. The van der Waals surface area contributed by atoms with Gasteiger partial charge in [0.05, 0.1) is 25.4 Å². The maximum atomic E-state index is 9.70. The van der Waals surface area contributed by atoms with E-state index in [-0.39, 0.29) is 12.1 Å². The van der Waals surface area contributed by atoms with E-state index < -0.39 is 0 Å². The Balaban J connectivity index is 1.98. The number of morpholine rings is 1. The highest BCUT2D eigenvalue weighted by Gasteiger charge is 2.27. The first-order chi connectivity index (χ1) is 10.2. The van der Waals surface area contributed by atoms with Crippen molar-refractivity contribution in [3.05, 3.63) is 6.33 Å². The standard InChI is InChI=1S/C13H18N4O2S2/c1-8(18)5-9-6-19-4-3-17(9)12-10-11(14-7-15-12)16-13(20-2)21-10/h7-9,18H,3-6H2,1-2H3. The smallest absolute Gasteiger partial charge is 0.176 e. The van der Waals surface area contributed by atoms with Crippen LogP contribution in [-0.2, 0) is 4.74 Å². The molecule has 1 aliphatic rings. The van der Waals surface area contributed by atoms with Gasteiger partial charge in [0.25, 0.3) is 0 Å². The molecule has 1 aliphatic heterocycles. The summed E-state index contributed by atoms with van der Waals surface area (Å²) in [6.45, 7) is 3.87. The zero-order valence-corrected chi connectivity index (χ0v) is 13.7. The highest BCUT2D eigenvalue weighted by Crippen LogP contribution is 2.34. The molecule has 0 spiro atoms. The Hall–Kier alpha value is -0.960. The number of aromatic nitrogens is 3. The lowest BCUT2D eigenvalue weighted by Crippen LogP contribution is -2.47. The Morgan fingerprint density at radius 2 is 2.43 bits per heavy atom. The van der Waals surface area contributed by atoms with Crippen molar-refractivity contribution in [2.45, 2.75) is 29.8 Å². The number of hydrogen-bond donors (Lipinski definition) is 1. The largest absolute Gasteiger partial charge is 0.393 e. The summed E-state index contributed by atoms with van der Waals surface area (Å²) in [6.07, 6.45) is 3.88. The number of nitrogens with zero attached hydrogens (tertiary/aromatic N) is 4. The molecule has 2 aromatic rings. The second kappa shape index (κ2) is 6.43. The van der Waals surface area contributed by atoms with E-state index in [0.717, 1.165) is 27.0 Å². The van der Waals surface area contributed by atoms with E-state index >= 15 is 0 Å². The molecule has 1 saturated heterocycles. The van der Waals surface area contributed by atoms with Gasteiger partial charge in [0.15, 0.2) is 15.8 Å². The number of aliphatic hydroxyl groups excluding tert-OH is 1. The van der Waals surface area contributed by atoms with Crippen LogP contribution in [-0.4, -0.2) is 58.2 Å². The van der Waals surface area contributed by atoms with Crippen molar-refractivity contribution in [1.29, 1.82) is 0 Å². The first-order valence-electron chi connectivity index (χ1n) is 6.87. The van der Waals surface area contributed by atoms with E-state index in [0.29, 0.717) is 19.6 Å². The molecule has 0 aromatic carbocycles. The molecule has 8 heteroatoms. The zero-order valence-electron chi connectivity index (χ0n) is 12.0. The van der Waals surface area contributed by atoms with Gasteiger partial charge in [-0.1, -0.05) is 11.8 Å². The Labute approximate surface area is 131 Å². The van der Waals surface area contributed by atoms with Crippen LogP contribution in [0.5, 0.6) is 0 Å². The van der Waals surface area contributed by atoms with Crippen LogP contribution in [0.3, 0.4) is 0 Å². The van der Waals surface area contributed by atoms with Crippen molar-refractivity contribution in [2.24, 2.45) is 0 Å². The molecular formula is C13H18N4O2S2. The molecule has 3 rings (SSSR count). The summed E-state index contributed by atoms with van der Waals surface area (Å²) in [7, 11) is 0. The summed E-state index contributed by atoms with van der Waals surface area (Å²) in [5, 5.41) is 9.70. The van der Waals surface area contributed by atoms with Crippen LogP contribution in [0.25, 0.3) is 10.3 Å². The van der Waals surface area contributed by atoms with Gasteiger partial charge in [0, 0.05) is 6.54 Å². The number of hydrogen-bond acceptors (Lipinski definition) is 8. The second-order valence-electron chi connectivity index (χ2n) is 5.04. The fourth-order valence-corrected chi connectivity index (χ4v) is 4.06. The molecule has 114 valence electrons. The van der Waals surface area contributed by atoms with Gasteiger partial charge in [0.1, 0.15) is 11.0 Å². The topological polar surface area (TPSA) is 71.4 Å². The lowest BCUT2D eigenvalue weighted by molar-refractivity contribution is 0.0719. The lowest BCUT2D eigenvalue weighted by atomic mass is 10.1. The van der Waals surface area contributed by atoms with Crippen LogP contribution >= 0.6 is 23.1 Å². The summed E-state index contributed by atoms with van der Waals surface area (Å²) in [5.41, 5.74) is 0.747. The van der Waals surface area contributed by atoms with Crippen LogP contribution in [0.1, 0.15) is 13.3 Å². The predicted molar refractivity (Wildman–Crippen MR) is 85.2 cm³/mol. The fraction of sp³-hybridized carbons (Fsp3) is 0.615. The Bertz CT molecular complexity index is 619. The van der Waals surface area contributed by atoms with Gasteiger partial charge in [0.2, 0.25) is 0 Å². The van der Waals surface area contributed by atoms with Gasteiger partial charge >= 0.3 is 0 Å². The summed E-state index contributed by atoms with van der Waals surface area (Å²) in [5.74, 6) is 0.909. The highest BCUT2D eigenvalue weighted by molar-refractivity contribution is 8.00. The van der Waals surface area contributed by atoms with E-state index in [1.54, 1.807) is 36.3 Å². The first-order valence-corrected chi connectivity index (χ1v) is 8.91. The normalized spacial score (nSPS) is 20.9. The van der Waals surface area contributed by atoms with E-state index in [4.69, 9.17) is 4.74 Å². The van der Waals surface area contributed by atoms with E-state index in [1.807, 2.05) is 6.26 Å². The molecule has 0 amide bonds. The molecule has 21 heavy (non-hydrogen) atoms. The van der Waals surface area contributed by atoms with Gasteiger partial charge in [-0.05, 0) is 19.6 Å². The van der Waals surface area contributed by atoms with Crippen molar-refractivity contribution in [1.82, 2.24) is 15.0 Å². The van der Waals surface area contributed by atoms with Crippen molar-refractivity contribution in [2.75, 3.05) is 30.9 Å². The van der Waals surface area contributed by atoms with E-state index in [1.165, 1.54) is 0 Å². The molecule has 0 saturated carbocycles. The SMILES string of the molecule is CSc1nc2ncnc(N3CCOCC3CC(C)O)c2s1. The molecule has 6 nitrogen and oxygen atoms in total. The van der Waals surface area contributed by atoms with Gasteiger partial charge in [-0.15, -0.1) is 11.3 Å². The fourth-order valence-electron chi connectivity index (χ4n) is 2.54. The molecule has 0 radical (unpaired) electrons. The molecule has 0 aliphatic carbocycles. The van der Waals surface area contributed by atoms with Gasteiger partial charge in [-0.25, -0.2) is 15.0 Å². The minimum absolute atomic E-state index is 0.136. The zero-order chi connectivity index (χ0) is 14.8. The number of thioether (sulfide) groups is 1.